The average Bonchev–Trinajstić information content (AvgIpc) is 3.12. The lowest BCUT2D eigenvalue weighted by molar-refractivity contribution is 0.220. The maximum Gasteiger partial charge on any atom is 0.0108 e. The van der Waals surface area contributed by atoms with Crippen molar-refractivity contribution in [3.8, 4) is 0 Å². The fraction of sp³-hybridized carbons (Fsp3) is 0.600. The molecule has 1 aromatic rings. The van der Waals surface area contributed by atoms with Gasteiger partial charge < -0.3 is 5.32 Å². The Bertz CT molecular complexity index is 390. The standard InChI is InChI=1S/C15H22N2/c1-13-4-2-3-5-14(13)15(6-7-15)12-17-10-8-16-9-11-17/h2-5,16H,6-12H2,1H3. The first-order chi connectivity index (χ1) is 8.30. The molecule has 0 amide bonds. The van der Waals surface area contributed by atoms with Gasteiger partial charge >= 0.3 is 0 Å². The number of piperazine rings is 1. The van der Waals surface area contributed by atoms with Gasteiger partial charge in [0.25, 0.3) is 0 Å². The van der Waals surface area contributed by atoms with Crippen LogP contribution in [0.3, 0.4) is 0 Å². The minimum atomic E-state index is 0.489. The fourth-order valence-electron chi connectivity index (χ4n) is 3.13. The average molecular weight is 230 g/mol. The maximum atomic E-state index is 3.43. The highest BCUT2D eigenvalue weighted by Crippen LogP contribution is 2.49. The van der Waals surface area contributed by atoms with Crippen molar-refractivity contribution in [2.24, 2.45) is 0 Å². The zero-order valence-corrected chi connectivity index (χ0v) is 10.7. The predicted molar refractivity (Wildman–Crippen MR) is 71.4 cm³/mol. The molecule has 3 rings (SSSR count). The number of benzene rings is 1. The van der Waals surface area contributed by atoms with Crippen LogP contribution in [-0.4, -0.2) is 37.6 Å². The summed E-state index contributed by atoms with van der Waals surface area (Å²) in [7, 11) is 0. The molecule has 0 unspecified atom stereocenters. The maximum absolute atomic E-state index is 3.43. The highest BCUT2D eigenvalue weighted by molar-refractivity contribution is 5.38. The van der Waals surface area contributed by atoms with Crippen LogP contribution in [0.25, 0.3) is 0 Å². The van der Waals surface area contributed by atoms with Crippen LogP contribution in [-0.2, 0) is 5.41 Å². The van der Waals surface area contributed by atoms with Crippen molar-refractivity contribution in [1.82, 2.24) is 10.2 Å². The van der Waals surface area contributed by atoms with Crippen molar-refractivity contribution in [3.05, 3.63) is 35.4 Å². The monoisotopic (exact) mass is 230 g/mol. The van der Waals surface area contributed by atoms with Gasteiger partial charge in [0.2, 0.25) is 0 Å². The molecule has 1 N–H and O–H groups in total. The van der Waals surface area contributed by atoms with Gasteiger partial charge in [-0.2, -0.15) is 0 Å². The molecule has 92 valence electrons. The van der Waals surface area contributed by atoms with E-state index in [0.29, 0.717) is 5.41 Å². The van der Waals surface area contributed by atoms with Crippen molar-refractivity contribution in [1.29, 1.82) is 0 Å². The van der Waals surface area contributed by atoms with Gasteiger partial charge in [-0.15, -0.1) is 0 Å². The Kier molecular flexibility index (Phi) is 2.93. The second kappa shape index (κ2) is 4.43. The zero-order chi connectivity index (χ0) is 11.7. The van der Waals surface area contributed by atoms with Gasteiger partial charge in [0, 0.05) is 38.1 Å². The second-order valence-electron chi connectivity index (χ2n) is 5.62. The van der Waals surface area contributed by atoms with E-state index in [1.165, 1.54) is 38.0 Å². The van der Waals surface area contributed by atoms with Crippen molar-refractivity contribution in [2.45, 2.75) is 25.2 Å². The quantitative estimate of drug-likeness (QED) is 0.853. The van der Waals surface area contributed by atoms with E-state index >= 15 is 0 Å². The summed E-state index contributed by atoms with van der Waals surface area (Å²) in [6.07, 6.45) is 2.75. The van der Waals surface area contributed by atoms with Crippen LogP contribution in [0.5, 0.6) is 0 Å². The lowest BCUT2D eigenvalue weighted by Crippen LogP contribution is -2.46. The molecule has 2 nitrogen and oxygen atoms in total. The first-order valence-corrected chi connectivity index (χ1v) is 6.79. The Morgan fingerprint density at radius 1 is 1.18 bits per heavy atom. The number of rotatable bonds is 3. The molecule has 2 aliphatic rings. The summed E-state index contributed by atoms with van der Waals surface area (Å²) in [5.74, 6) is 0. The largest absolute Gasteiger partial charge is 0.314 e. The summed E-state index contributed by atoms with van der Waals surface area (Å²) in [5.41, 5.74) is 3.56. The highest BCUT2D eigenvalue weighted by Gasteiger charge is 2.45. The number of hydrogen-bond acceptors (Lipinski definition) is 2. The predicted octanol–water partition coefficient (Wildman–Crippen LogP) is 1.93. The number of hydrogen-bond donors (Lipinski definition) is 1. The fourth-order valence-corrected chi connectivity index (χ4v) is 3.13. The molecule has 1 aromatic carbocycles. The summed E-state index contributed by atoms with van der Waals surface area (Å²) in [6.45, 7) is 8.27. The molecule has 2 heteroatoms. The van der Waals surface area contributed by atoms with Gasteiger partial charge in [-0.25, -0.2) is 0 Å². The SMILES string of the molecule is Cc1ccccc1C1(CN2CCNCC2)CC1. The smallest absolute Gasteiger partial charge is 0.0108 e. The van der Waals surface area contributed by atoms with Gasteiger partial charge in [0.1, 0.15) is 0 Å². The lowest BCUT2D eigenvalue weighted by atomic mass is 9.91. The third-order valence-electron chi connectivity index (χ3n) is 4.31. The molecule has 0 spiro atoms. The molecule has 1 saturated carbocycles. The number of aryl methyl sites for hydroxylation is 1. The lowest BCUT2D eigenvalue weighted by Gasteiger charge is -2.31. The van der Waals surface area contributed by atoms with E-state index < -0.39 is 0 Å². The Balaban J connectivity index is 1.75. The highest BCUT2D eigenvalue weighted by atomic mass is 15.2. The molecule has 2 fully saturated rings. The Morgan fingerprint density at radius 2 is 1.88 bits per heavy atom. The van der Waals surface area contributed by atoms with Crippen LogP contribution in [0.2, 0.25) is 0 Å². The normalized spacial score (nSPS) is 23.6. The van der Waals surface area contributed by atoms with Crippen LogP contribution in [0, 0.1) is 6.92 Å². The number of nitrogens with zero attached hydrogens (tertiary/aromatic N) is 1. The Hall–Kier alpha value is -0.860. The minimum Gasteiger partial charge on any atom is -0.314 e. The third kappa shape index (κ3) is 2.24. The minimum absolute atomic E-state index is 0.489. The summed E-state index contributed by atoms with van der Waals surface area (Å²) in [4.78, 5) is 2.63. The molecule has 17 heavy (non-hydrogen) atoms. The molecule has 1 heterocycles. The number of nitrogens with one attached hydrogen (secondary N) is 1. The van der Waals surface area contributed by atoms with Crippen molar-refractivity contribution >= 4 is 0 Å². The van der Waals surface area contributed by atoms with Gasteiger partial charge in [-0.1, -0.05) is 24.3 Å². The molecule has 1 aliphatic heterocycles. The van der Waals surface area contributed by atoms with Crippen LogP contribution >= 0.6 is 0 Å². The molecular formula is C15H22N2. The first kappa shape index (κ1) is 11.2. The van der Waals surface area contributed by atoms with E-state index in [1.807, 2.05) is 0 Å². The summed E-state index contributed by atoms with van der Waals surface area (Å²) in [5, 5.41) is 3.43. The zero-order valence-electron chi connectivity index (χ0n) is 10.7. The van der Waals surface area contributed by atoms with Gasteiger partial charge in [-0.05, 0) is 30.9 Å². The molecule has 0 bridgehead atoms. The second-order valence-corrected chi connectivity index (χ2v) is 5.62. The van der Waals surface area contributed by atoms with E-state index in [9.17, 15) is 0 Å². The molecule has 0 aromatic heterocycles. The van der Waals surface area contributed by atoms with Crippen molar-refractivity contribution in [2.75, 3.05) is 32.7 Å². The Labute approximate surface area is 104 Å². The van der Waals surface area contributed by atoms with Crippen LogP contribution < -0.4 is 5.32 Å². The topological polar surface area (TPSA) is 15.3 Å². The van der Waals surface area contributed by atoms with Crippen LogP contribution in [0.4, 0.5) is 0 Å². The van der Waals surface area contributed by atoms with Crippen molar-refractivity contribution in [3.63, 3.8) is 0 Å². The third-order valence-corrected chi connectivity index (χ3v) is 4.31. The summed E-state index contributed by atoms with van der Waals surface area (Å²) < 4.78 is 0. The summed E-state index contributed by atoms with van der Waals surface area (Å²) in [6, 6.07) is 8.94. The van der Waals surface area contributed by atoms with Gasteiger partial charge in [0.15, 0.2) is 0 Å². The Morgan fingerprint density at radius 3 is 2.53 bits per heavy atom. The molecule has 0 atom stereocenters. The van der Waals surface area contributed by atoms with Crippen LogP contribution in [0.1, 0.15) is 24.0 Å². The van der Waals surface area contributed by atoms with E-state index in [2.05, 4.69) is 41.4 Å². The van der Waals surface area contributed by atoms with Gasteiger partial charge in [-0.3, -0.25) is 4.90 Å². The van der Waals surface area contributed by atoms with E-state index in [-0.39, 0.29) is 0 Å². The van der Waals surface area contributed by atoms with Crippen LogP contribution in [0.15, 0.2) is 24.3 Å². The first-order valence-electron chi connectivity index (χ1n) is 6.79. The molecule has 0 radical (unpaired) electrons. The van der Waals surface area contributed by atoms with Gasteiger partial charge in [0.05, 0.1) is 0 Å². The van der Waals surface area contributed by atoms with Crippen molar-refractivity contribution < 1.29 is 0 Å². The van der Waals surface area contributed by atoms with E-state index in [1.54, 1.807) is 5.56 Å². The van der Waals surface area contributed by atoms with E-state index in [4.69, 9.17) is 0 Å². The summed E-state index contributed by atoms with van der Waals surface area (Å²) >= 11 is 0. The molecule has 1 saturated heterocycles. The molecule has 1 aliphatic carbocycles. The van der Waals surface area contributed by atoms with E-state index in [0.717, 1.165) is 13.1 Å². The molecular weight excluding hydrogens is 208 g/mol.